The summed E-state index contributed by atoms with van der Waals surface area (Å²) in [6, 6.07) is 0. The van der Waals surface area contributed by atoms with Crippen molar-refractivity contribution in [2.24, 2.45) is 7.05 Å². The van der Waals surface area contributed by atoms with Crippen LogP contribution in [0.4, 0.5) is 5.95 Å². The molecule has 0 saturated heterocycles. The minimum Gasteiger partial charge on any atom is -0.348 e. The Bertz CT molecular complexity index is 339. The van der Waals surface area contributed by atoms with Crippen molar-refractivity contribution in [3.63, 3.8) is 0 Å². The van der Waals surface area contributed by atoms with Gasteiger partial charge in [0.2, 0.25) is 5.95 Å². The molecule has 0 aliphatic heterocycles. The Balaban J connectivity index is 2.42. The van der Waals surface area contributed by atoms with Crippen molar-refractivity contribution in [2.45, 2.75) is 19.9 Å². The fourth-order valence-corrected chi connectivity index (χ4v) is 1.58. The Morgan fingerprint density at radius 3 is 2.81 bits per heavy atom. The molecule has 0 aliphatic carbocycles. The molecule has 1 aromatic heterocycles. The zero-order valence-electron chi connectivity index (χ0n) is 10.7. The fraction of sp³-hybridized carbons (Fsp3) is 0.583. The van der Waals surface area contributed by atoms with Crippen LogP contribution in [0.2, 0.25) is 0 Å². The van der Waals surface area contributed by atoms with Gasteiger partial charge < -0.3 is 14.8 Å². The van der Waals surface area contributed by atoms with E-state index in [0.717, 1.165) is 25.5 Å². The average Bonchev–Trinajstić information content (AvgIpc) is 2.60. The normalized spacial score (nSPS) is 11.2. The number of allylic oxidation sites excluding steroid dienone is 1. The summed E-state index contributed by atoms with van der Waals surface area (Å²) in [7, 11) is 6.06. The van der Waals surface area contributed by atoms with Gasteiger partial charge in [-0.1, -0.05) is 12.2 Å². The van der Waals surface area contributed by atoms with Crippen molar-refractivity contribution in [2.75, 3.05) is 25.5 Å². The van der Waals surface area contributed by atoms with Gasteiger partial charge in [-0.15, -0.1) is 0 Å². The first-order valence-electron chi connectivity index (χ1n) is 5.66. The van der Waals surface area contributed by atoms with E-state index in [1.807, 2.05) is 39.2 Å². The van der Waals surface area contributed by atoms with Crippen molar-refractivity contribution in [3.8, 4) is 0 Å². The van der Waals surface area contributed by atoms with Gasteiger partial charge in [-0.25, -0.2) is 4.98 Å². The van der Waals surface area contributed by atoms with Crippen molar-refractivity contribution < 1.29 is 0 Å². The highest BCUT2D eigenvalue weighted by Gasteiger charge is 2.06. The van der Waals surface area contributed by atoms with Gasteiger partial charge in [-0.2, -0.15) is 0 Å². The number of nitrogens with zero attached hydrogens (tertiary/aromatic N) is 3. The maximum Gasteiger partial charge on any atom is 0.204 e. The van der Waals surface area contributed by atoms with E-state index in [1.165, 1.54) is 5.69 Å². The summed E-state index contributed by atoms with van der Waals surface area (Å²) >= 11 is 0. The van der Waals surface area contributed by atoms with Gasteiger partial charge in [0, 0.05) is 27.7 Å². The third-order valence-electron chi connectivity index (χ3n) is 2.49. The summed E-state index contributed by atoms with van der Waals surface area (Å²) in [5.41, 5.74) is 1.21. The highest BCUT2D eigenvalue weighted by atomic mass is 15.3. The second-order valence-corrected chi connectivity index (χ2v) is 4.04. The first-order chi connectivity index (χ1) is 7.66. The fourth-order valence-electron chi connectivity index (χ4n) is 1.58. The van der Waals surface area contributed by atoms with E-state index in [9.17, 15) is 0 Å². The van der Waals surface area contributed by atoms with Crippen LogP contribution < -0.4 is 10.2 Å². The highest BCUT2D eigenvalue weighted by molar-refractivity contribution is 5.30. The SMILES string of the molecule is C/C=C/CCNCc1cnc(N(C)C)n1C. The lowest BCUT2D eigenvalue weighted by Gasteiger charge is -2.12. The summed E-state index contributed by atoms with van der Waals surface area (Å²) < 4.78 is 2.11. The van der Waals surface area contributed by atoms with Crippen molar-refractivity contribution >= 4 is 5.95 Å². The van der Waals surface area contributed by atoms with Crippen LogP contribution in [0, 0.1) is 0 Å². The average molecular weight is 222 g/mol. The molecule has 0 unspecified atom stereocenters. The van der Waals surface area contributed by atoms with Crippen molar-refractivity contribution in [1.82, 2.24) is 14.9 Å². The smallest absolute Gasteiger partial charge is 0.204 e. The van der Waals surface area contributed by atoms with Crippen LogP contribution in [0.15, 0.2) is 18.3 Å². The molecule has 1 rings (SSSR count). The molecule has 0 aliphatic rings. The lowest BCUT2D eigenvalue weighted by Crippen LogP contribution is -2.18. The molecule has 0 bridgehead atoms. The molecule has 0 saturated carbocycles. The monoisotopic (exact) mass is 222 g/mol. The first-order valence-corrected chi connectivity index (χ1v) is 5.66. The summed E-state index contributed by atoms with van der Waals surface area (Å²) in [5, 5.41) is 3.40. The van der Waals surface area contributed by atoms with Gasteiger partial charge in [0.25, 0.3) is 0 Å². The van der Waals surface area contributed by atoms with E-state index in [-0.39, 0.29) is 0 Å². The molecule has 4 nitrogen and oxygen atoms in total. The second-order valence-electron chi connectivity index (χ2n) is 4.04. The summed E-state index contributed by atoms with van der Waals surface area (Å²) in [5.74, 6) is 0.991. The molecule has 0 spiro atoms. The van der Waals surface area contributed by atoms with Gasteiger partial charge in [0.1, 0.15) is 0 Å². The molecule has 0 fully saturated rings. The van der Waals surface area contributed by atoms with Gasteiger partial charge in [0.15, 0.2) is 0 Å². The number of anilines is 1. The maximum atomic E-state index is 4.37. The van der Waals surface area contributed by atoms with Crippen molar-refractivity contribution in [3.05, 3.63) is 24.0 Å². The molecule has 1 aromatic rings. The van der Waals surface area contributed by atoms with Crippen LogP contribution in [0.5, 0.6) is 0 Å². The Hall–Kier alpha value is -1.29. The topological polar surface area (TPSA) is 33.1 Å². The number of imidazole rings is 1. The standard InChI is InChI=1S/C12H22N4/c1-5-6-7-8-13-9-11-10-14-12(15(2)3)16(11)4/h5-6,10,13H,7-9H2,1-4H3/b6-5+. The molecule has 1 N–H and O–H groups in total. The molecule has 0 radical (unpaired) electrons. The summed E-state index contributed by atoms with van der Waals surface area (Å²) in [4.78, 5) is 6.38. The van der Waals surface area contributed by atoms with E-state index in [2.05, 4.69) is 27.0 Å². The second kappa shape index (κ2) is 6.33. The van der Waals surface area contributed by atoms with Gasteiger partial charge in [-0.3, -0.25) is 0 Å². The number of nitrogens with one attached hydrogen (secondary N) is 1. The molecule has 4 heteroatoms. The first kappa shape index (κ1) is 12.8. The number of rotatable bonds is 6. The van der Waals surface area contributed by atoms with Gasteiger partial charge in [-0.05, 0) is 19.9 Å². The van der Waals surface area contributed by atoms with E-state index >= 15 is 0 Å². The summed E-state index contributed by atoms with van der Waals surface area (Å²) in [6.07, 6.45) is 7.25. The number of aromatic nitrogens is 2. The molecule has 0 amide bonds. The maximum absolute atomic E-state index is 4.37. The Morgan fingerprint density at radius 2 is 2.25 bits per heavy atom. The quantitative estimate of drug-likeness (QED) is 0.585. The third kappa shape index (κ3) is 3.38. The predicted molar refractivity (Wildman–Crippen MR) is 68.7 cm³/mol. The van der Waals surface area contributed by atoms with E-state index < -0.39 is 0 Å². The predicted octanol–water partition coefficient (Wildman–Crippen LogP) is 1.54. The molecule has 0 aromatic carbocycles. The number of hydrogen-bond donors (Lipinski definition) is 1. The Labute approximate surface area is 98.0 Å². The van der Waals surface area contributed by atoms with E-state index in [0.29, 0.717) is 0 Å². The minimum absolute atomic E-state index is 0.870. The van der Waals surface area contributed by atoms with Crippen LogP contribution in [0.3, 0.4) is 0 Å². The molecule has 1 heterocycles. The van der Waals surface area contributed by atoms with Crippen LogP contribution in [-0.2, 0) is 13.6 Å². The Kier molecular flexibility index (Phi) is 5.05. The lowest BCUT2D eigenvalue weighted by atomic mass is 10.3. The van der Waals surface area contributed by atoms with Gasteiger partial charge >= 0.3 is 0 Å². The van der Waals surface area contributed by atoms with Crippen molar-refractivity contribution in [1.29, 1.82) is 0 Å². The van der Waals surface area contributed by atoms with Crippen LogP contribution >= 0.6 is 0 Å². The molecule has 0 atom stereocenters. The minimum atomic E-state index is 0.870. The molecule has 90 valence electrons. The van der Waals surface area contributed by atoms with E-state index in [4.69, 9.17) is 0 Å². The lowest BCUT2D eigenvalue weighted by molar-refractivity contribution is 0.657. The Morgan fingerprint density at radius 1 is 1.50 bits per heavy atom. The summed E-state index contributed by atoms with van der Waals surface area (Å²) in [6.45, 7) is 3.92. The zero-order valence-corrected chi connectivity index (χ0v) is 10.7. The number of hydrogen-bond acceptors (Lipinski definition) is 3. The largest absolute Gasteiger partial charge is 0.348 e. The van der Waals surface area contributed by atoms with Gasteiger partial charge in [0.05, 0.1) is 11.9 Å². The molecule has 16 heavy (non-hydrogen) atoms. The third-order valence-corrected chi connectivity index (χ3v) is 2.49. The van der Waals surface area contributed by atoms with Crippen LogP contribution in [0.1, 0.15) is 19.0 Å². The van der Waals surface area contributed by atoms with Crippen LogP contribution in [-0.4, -0.2) is 30.2 Å². The highest BCUT2D eigenvalue weighted by Crippen LogP contribution is 2.10. The molecular formula is C12H22N4. The van der Waals surface area contributed by atoms with Crippen LogP contribution in [0.25, 0.3) is 0 Å². The zero-order chi connectivity index (χ0) is 12.0. The molecular weight excluding hydrogens is 200 g/mol. The van der Waals surface area contributed by atoms with E-state index in [1.54, 1.807) is 0 Å².